The molecule has 204 valence electrons. The van der Waals surface area contributed by atoms with Crippen LogP contribution in [0.5, 0.6) is 0 Å². The first-order valence-corrected chi connectivity index (χ1v) is 14.0. The average molecular weight is 535 g/mol. The first kappa shape index (κ1) is 25.9. The number of hydrogen-bond acceptors (Lipinski definition) is 3. The maximum Gasteiger partial charge on any atom is 0.255 e. The predicted octanol–water partition coefficient (Wildman–Crippen LogP) is 4.79. The first-order valence-electron chi connectivity index (χ1n) is 14.0. The van der Waals surface area contributed by atoms with Gasteiger partial charge in [0.05, 0.1) is 6.04 Å². The van der Waals surface area contributed by atoms with Gasteiger partial charge in [-0.3, -0.25) is 14.4 Å². The average Bonchev–Trinajstić information content (AvgIpc) is 3.47. The minimum atomic E-state index is -0.740. The second-order valence-corrected chi connectivity index (χ2v) is 11.4. The van der Waals surface area contributed by atoms with E-state index in [4.69, 9.17) is 0 Å². The number of H-pyrrole nitrogens is 1. The van der Waals surface area contributed by atoms with Gasteiger partial charge in [0.2, 0.25) is 11.8 Å². The summed E-state index contributed by atoms with van der Waals surface area (Å²) < 4.78 is 0. The summed E-state index contributed by atoms with van der Waals surface area (Å²) in [5.74, 6) is -0.501. The molecule has 4 aromatic rings. The van der Waals surface area contributed by atoms with Crippen molar-refractivity contribution >= 4 is 28.6 Å². The molecule has 1 unspecified atom stereocenters. The van der Waals surface area contributed by atoms with Gasteiger partial charge in [-0.15, -0.1) is 0 Å². The number of carbonyl (C=O) groups excluding carboxylic acids is 3. The van der Waals surface area contributed by atoms with E-state index in [2.05, 4.69) is 21.7 Å². The monoisotopic (exact) mass is 534 g/mol. The minimum Gasteiger partial charge on any atom is -0.356 e. The van der Waals surface area contributed by atoms with E-state index >= 15 is 0 Å². The number of rotatable bonds is 7. The van der Waals surface area contributed by atoms with Crippen LogP contribution in [-0.2, 0) is 22.6 Å². The van der Waals surface area contributed by atoms with Crippen LogP contribution in [0.3, 0.4) is 0 Å². The predicted molar refractivity (Wildman–Crippen MR) is 155 cm³/mol. The molecule has 6 rings (SSSR count). The van der Waals surface area contributed by atoms with Crippen LogP contribution in [0.15, 0.2) is 72.8 Å². The maximum absolute atomic E-state index is 14.0. The molecule has 3 heterocycles. The standard InChI is InChI=1S/C33H34N4O3/c1-19(2)16-27(31(38)34-18-21-14-12-20(3)13-15-21)36-32(39)28-17-25-22-8-6-7-11-26(22)35-29(25)30-23-9-4-5-10-24(23)33(40)37(28)30/h4-15,19,27-28,30,35H,16-18H2,1-3H3,(H,34,38)(H,36,39)/t27-,28-,30?/m0/s1. The number of aromatic amines is 1. The van der Waals surface area contributed by atoms with Crippen molar-refractivity contribution in [1.82, 2.24) is 20.5 Å². The lowest BCUT2D eigenvalue weighted by Gasteiger charge is -2.37. The van der Waals surface area contributed by atoms with Crippen LogP contribution >= 0.6 is 0 Å². The number of nitrogens with one attached hydrogen (secondary N) is 3. The van der Waals surface area contributed by atoms with Gasteiger partial charge in [-0.25, -0.2) is 0 Å². The highest BCUT2D eigenvalue weighted by molar-refractivity contribution is 6.04. The van der Waals surface area contributed by atoms with Crippen molar-refractivity contribution in [1.29, 1.82) is 0 Å². The highest BCUT2D eigenvalue weighted by atomic mass is 16.2. The number of benzene rings is 3. The smallest absolute Gasteiger partial charge is 0.255 e. The third-order valence-corrected chi connectivity index (χ3v) is 8.08. The number of aromatic nitrogens is 1. The van der Waals surface area contributed by atoms with Crippen molar-refractivity contribution in [3.63, 3.8) is 0 Å². The van der Waals surface area contributed by atoms with E-state index in [1.165, 1.54) is 0 Å². The van der Waals surface area contributed by atoms with Gasteiger partial charge >= 0.3 is 0 Å². The quantitative estimate of drug-likeness (QED) is 0.318. The van der Waals surface area contributed by atoms with Crippen LogP contribution in [0.1, 0.15) is 64.6 Å². The van der Waals surface area contributed by atoms with Crippen molar-refractivity contribution in [2.45, 2.75) is 58.3 Å². The fourth-order valence-electron chi connectivity index (χ4n) is 6.13. The first-order chi connectivity index (χ1) is 19.3. The lowest BCUT2D eigenvalue weighted by atomic mass is 9.89. The second-order valence-electron chi connectivity index (χ2n) is 11.4. The topological polar surface area (TPSA) is 94.3 Å². The molecule has 7 heteroatoms. The molecule has 0 saturated heterocycles. The van der Waals surface area contributed by atoms with Crippen LogP contribution in [0.4, 0.5) is 0 Å². The number of aryl methyl sites for hydroxylation is 1. The summed E-state index contributed by atoms with van der Waals surface area (Å²) in [5.41, 5.74) is 6.65. The summed E-state index contributed by atoms with van der Waals surface area (Å²) in [6.07, 6.45) is 0.870. The maximum atomic E-state index is 14.0. The van der Waals surface area contributed by atoms with Gasteiger partial charge < -0.3 is 20.5 Å². The van der Waals surface area contributed by atoms with E-state index in [0.29, 0.717) is 24.9 Å². The zero-order chi connectivity index (χ0) is 28.0. The van der Waals surface area contributed by atoms with E-state index < -0.39 is 12.1 Å². The molecule has 0 saturated carbocycles. The Hall–Kier alpha value is -4.39. The molecular formula is C33H34N4O3. The summed E-state index contributed by atoms with van der Waals surface area (Å²) in [4.78, 5) is 46.3. The third kappa shape index (κ3) is 4.55. The zero-order valence-electron chi connectivity index (χ0n) is 23.0. The Labute approximate surface area is 234 Å². The second kappa shape index (κ2) is 10.3. The highest BCUT2D eigenvalue weighted by Crippen LogP contribution is 2.46. The van der Waals surface area contributed by atoms with E-state index in [1.54, 1.807) is 4.90 Å². The van der Waals surface area contributed by atoms with Crippen LogP contribution in [-0.4, -0.2) is 39.7 Å². The Morgan fingerprint density at radius 2 is 1.73 bits per heavy atom. The van der Waals surface area contributed by atoms with Crippen LogP contribution in [0, 0.1) is 12.8 Å². The molecule has 0 spiro atoms. The molecule has 2 aliphatic rings. The molecule has 1 aromatic heterocycles. The Morgan fingerprint density at radius 3 is 2.50 bits per heavy atom. The molecular weight excluding hydrogens is 500 g/mol. The molecule has 0 aliphatic carbocycles. The Morgan fingerprint density at radius 1 is 1.00 bits per heavy atom. The van der Waals surface area contributed by atoms with Crippen LogP contribution in [0.25, 0.3) is 10.9 Å². The molecule has 2 aliphatic heterocycles. The largest absolute Gasteiger partial charge is 0.356 e. The Bertz CT molecular complexity index is 1600. The van der Waals surface area contributed by atoms with Gasteiger partial charge in [-0.1, -0.05) is 80.1 Å². The fourth-order valence-corrected chi connectivity index (χ4v) is 6.13. The molecule has 3 atom stereocenters. The number of hydrogen-bond donors (Lipinski definition) is 3. The van der Waals surface area contributed by atoms with Crippen molar-refractivity contribution in [2.24, 2.45) is 5.92 Å². The van der Waals surface area contributed by atoms with Gasteiger partial charge in [0.25, 0.3) is 5.91 Å². The molecule has 3 aromatic carbocycles. The molecule has 0 fully saturated rings. The van der Waals surface area contributed by atoms with Gasteiger partial charge in [-0.05, 0) is 48.1 Å². The molecule has 0 bridgehead atoms. The summed E-state index contributed by atoms with van der Waals surface area (Å²) >= 11 is 0. The van der Waals surface area contributed by atoms with Crippen molar-refractivity contribution in [3.8, 4) is 0 Å². The Kier molecular flexibility index (Phi) is 6.66. The van der Waals surface area contributed by atoms with E-state index in [-0.39, 0.29) is 29.7 Å². The van der Waals surface area contributed by atoms with Crippen molar-refractivity contribution in [3.05, 3.63) is 106 Å². The summed E-state index contributed by atoms with van der Waals surface area (Å²) in [6.45, 7) is 6.47. The molecule has 3 amide bonds. The van der Waals surface area contributed by atoms with Gasteiger partial charge in [0.1, 0.15) is 12.1 Å². The summed E-state index contributed by atoms with van der Waals surface area (Å²) in [6, 6.07) is 21.8. The summed E-state index contributed by atoms with van der Waals surface area (Å²) in [5, 5.41) is 7.09. The van der Waals surface area contributed by atoms with E-state index in [1.807, 2.05) is 87.5 Å². The number of carbonyl (C=O) groups is 3. The highest BCUT2D eigenvalue weighted by Gasteiger charge is 2.49. The number of amides is 3. The third-order valence-electron chi connectivity index (χ3n) is 8.08. The summed E-state index contributed by atoms with van der Waals surface area (Å²) in [7, 11) is 0. The van der Waals surface area contributed by atoms with Crippen molar-refractivity contribution < 1.29 is 14.4 Å². The van der Waals surface area contributed by atoms with E-state index in [0.717, 1.165) is 38.9 Å². The number of fused-ring (bicyclic) bond motifs is 7. The van der Waals surface area contributed by atoms with Gasteiger partial charge in [0.15, 0.2) is 0 Å². The fraction of sp³-hybridized carbons (Fsp3) is 0.303. The zero-order valence-corrected chi connectivity index (χ0v) is 23.0. The SMILES string of the molecule is Cc1ccc(CNC(=O)[C@H](CC(C)C)NC(=O)[C@@H]2Cc3c([nH]c4ccccc34)C3c4ccccc4C(=O)N32)cc1. The molecule has 3 N–H and O–H groups in total. The lowest BCUT2D eigenvalue weighted by Crippen LogP contribution is -2.56. The number of para-hydroxylation sites is 1. The Balaban J connectivity index is 1.30. The minimum absolute atomic E-state index is 0.158. The van der Waals surface area contributed by atoms with Crippen LogP contribution in [0.2, 0.25) is 0 Å². The normalized spacial score (nSPS) is 18.3. The van der Waals surface area contributed by atoms with Gasteiger partial charge in [-0.2, -0.15) is 0 Å². The molecule has 40 heavy (non-hydrogen) atoms. The lowest BCUT2D eigenvalue weighted by molar-refractivity contribution is -0.132. The number of nitrogens with zero attached hydrogens (tertiary/aromatic N) is 1. The molecule has 7 nitrogen and oxygen atoms in total. The molecule has 0 radical (unpaired) electrons. The van der Waals surface area contributed by atoms with Crippen molar-refractivity contribution in [2.75, 3.05) is 0 Å². The van der Waals surface area contributed by atoms with E-state index in [9.17, 15) is 14.4 Å². The van der Waals surface area contributed by atoms with Crippen LogP contribution < -0.4 is 10.6 Å². The van der Waals surface area contributed by atoms with Gasteiger partial charge in [0, 0.05) is 35.1 Å².